The van der Waals surface area contributed by atoms with Gasteiger partial charge in [0.1, 0.15) is 0 Å². The summed E-state index contributed by atoms with van der Waals surface area (Å²) in [6.45, 7) is 6.62. The number of para-hydroxylation sites is 1. The molecule has 3 rings (SSSR count). The number of nitrogens with one attached hydrogen (secondary N) is 1. The Morgan fingerprint density at radius 3 is 2.65 bits per heavy atom. The van der Waals surface area contributed by atoms with Crippen LogP contribution in [0.1, 0.15) is 24.0 Å². The summed E-state index contributed by atoms with van der Waals surface area (Å²) in [5.74, 6) is 0. The molecular weight excluding hydrogens is 288 g/mol. The largest absolute Gasteiger partial charge is 0.317 e. The Hall–Kier alpha value is -0.770. The quantitative estimate of drug-likeness (QED) is 0.903. The molecule has 0 spiro atoms. The van der Waals surface area contributed by atoms with E-state index in [2.05, 4.69) is 43.4 Å². The Kier molecular flexibility index (Phi) is 5.30. The van der Waals surface area contributed by atoms with E-state index in [0.29, 0.717) is 0 Å². The first-order chi connectivity index (χ1) is 9.24. The first-order valence-electron chi connectivity index (χ1n) is 6.98. The van der Waals surface area contributed by atoms with E-state index in [0.717, 1.165) is 18.3 Å². The third-order valence-corrected chi connectivity index (χ3v) is 5.05. The molecule has 1 aliphatic heterocycles. The van der Waals surface area contributed by atoms with Gasteiger partial charge in [0.15, 0.2) is 0 Å². The van der Waals surface area contributed by atoms with Crippen molar-refractivity contribution in [1.29, 1.82) is 0 Å². The molecule has 0 aliphatic carbocycles. The predicted octanol–water partition coefficient (Wildman–Crippen LogP) is 4.12. The Balaban J connectivity index is 0.00000147. The number of halogens is 1. The highest BCUT2D eigenvalue weighted by molar-refractivity contribution is 7.99. The lowest BCUT2D eigenvalue weighted by molar-refractivity contribution is 0.531. The van der Waals surface area contributed by atoms with Gasteiger partial charge in [0.25, 0.3) is 0 Å². The van der Waals surface area contributed by atoms with Crippen molar-refractivity contribution in [3.63, 3.8) is 0 Å². The van der Waals surface area contributed by atoms with Gasteiger partial charge in [0, 0.05) is 10.6 Å². The molecule has 0 bridgehead atoms. The van der Waals surface area contributed by atoms with Gasteiger partial charge in [-0.3, -0.25) is 0 Å². The molecule has 20 heavy (non-hydrogen) atoms. The molecule has 108 valence electrons. The summed E-state index contributed by atoms with van der Waals surface area (Å²) < 4.78 is 0. The van der Waals surface area contributed by atoms with Crippen LogP contribution in [0.3, 0.4) is 0 Å². The molecule has 0 radical (unpaired) electrons. The van der Waals surface area contributed by atoms with E-state index in [1.165, 1.54) is 39.9 Å². The topological polar surface area (TPSA) is 24.9 Å². The van der Waals surface area contributed by atoms with Crippen molar-refractivity contribution in [3.8, 4) is 0 Å². The molecule has 0 unspecified atom stereocenters. The lowest BCUT2D eigenvalue weighted by Crippen LogP contribution is -2.29. The summed E-state index contributed by atoms with van der Waals surface area (Å²) >= 11 is 1.95. The number of aryl methyl sites for hydroxylation is 2. The molecule has 2 heterocycles. The highest BCUT2D eigenvalue weighted by atomic mass is 35.5. The van der Waals surface area contributed by atoms with Crippen molar-refractivity contribution in [2.75, 3.05) is 13.1 Å². The van der Waals surface area contributed by atoms with Crippen LogP contribution in [0, 0.1) is 13.8 Å². The zero-order chi connectivity index (χ0) is 13.2. The van der Waals surface area contributed by atoms with E-state index < -0.39 is 0 Å². The average molecular weight is 309 g/mol. The summed E-state index contributed by atoms with van der Waals surface area (Å²) in [6.07, 6.45) is 2.49. The van der Waals surface area contributed by atoms with Crippen molar-refractivity contribution in [2.24, 2.45) is 0 Å². The van der Waals surface area contributed by atoms with Gasteiger partial charge < -0.3 is 5.32 Å². The summed E-state index contributed by atoms with van der Waals surface area (Å²) in [7, 11) is 0. The normalized spacial score (nSPS) is 16.1. The minimum Gasteiger partial charge on any atom is -0.317 e. The highest BCUT2D eigenvalue weighted by Crippen LogP contribution is 2.31. The molecule has 0 atom stereocenters. The van der Waals surface area contributed by atoms with Crippen molar-refractivity contribution < 1.29 is 0 Å². The molecule has 1 aliphatic rings. The van der Waals surface area contributed by atoms with Gasteiger partial charge in [-0.2, -0.15) is 0 Å². The lowest BCUT2D eigenvalue weighted by Gasteiger charge is -2.22. The van der Waals surface area contributed by atoms with Crippen molar-refractivity contribution >= 4 is 35.1 Å². The maximum absolute atomic E-state index is 4.87. The Morgan fingerprint density at radius 2 is 1.90 bits per heavy atom. The van der Waals surface area contributed by atoms with Crippen LogP contribution in [-0.2, 0) is 0 Å². The van der Waals surface area contributed by atoms with Gasteiger partial charge in [-0.1, -0.05) is 18.2 Å². The third-order valence-electron chi connectivity index (χ3n) is 3.80. The second kappa shape index (κ2) is 6.79. The van der Waals surface area contributed by atoms with E-state index in [1.54, 1.807) is 0 Å². The van der Waals surface area contributed by atoms with Crippen LogP contribution in [0.4, 0.5) is 0 Å². The van der Waals surface area contributed by atoms with Crippen LogP contribution in [0.5, 0.6) is 0 Å². The van der Waals surface area contributed by atoms with Gasteiger partial charge in [-0.25, -0.2) is 4.98 Å². The average Bonchev–Trinajstić information content (AvgIpc) is 2.41. The van der Waals surface area contributed by atoms with Crippen LogP contribution in [0.25, 0.3) is 10.9 Å². The number of aromatic nitrogens is 1. The molecule has 1 aromatic carbocycles. The zero-order valence-corrected chi connectivity index (χ0v) is 13.6. The van der Waals surface area contributed by atoms with E-state index >= 15 is 0 Å². The summed E-state index contributed by atoms with van der Waals surface area (Å²) in [6, 6.07) is 8.68. The number of hydrogen-bond donors (Lipinski definition) is 1. The van der Waals surface area contributed by atoms with Gasteiger partial charge in [-0.15, -0.1) is 24.2 Å². The Bertz CT molecular complexity index is 594. The molecule has 1 aromatic heterocycles. The molecule has 4 heteroatoms. The first-order valence-corrected chi connectivity index (χ1v) is 7.86. The third kappa shape index (κ3) is 3.27. The van der Waals surface area contributed by atoms with Crippen LogP contribution in [-0.4, -0.2) is 23.3 Å². The number of thioether (sulfide) groups is 1. The number of piperidine rings is 1. The number of rotatable bonds is 2. The van der Waals surface area contributed by atoms with Gasteiger partial charge in [0.05, 0.1) is 10.5 Å². The van der Waals surface area contributed by atoms with E-state index in [-0.39, 0.29) is 12.4 Å². The van der Waals surface area contributed by atoms with Gasteiger partial charge >= 0.3 is 0 Å². The Labute approximate surface area is 131 Å². The zero-order valence-electron chi connectivity index (χ0n) is 12.0. The van der Waals surface area contributed by atoms with Crippen molar-refractivity contribution in [3.05, 3.63) is 35.4 Å². The molecule has 2 nitrogen and oxygen atoms in total. The maximum atomic E-state index is 4.87. The number of hydrogen-bond acceptors (Lipinski definition) is 3. The van der Waals surface area contributed by atoms with Crippen molar-refractivity contribution in [1.82, 2.24) is 10.3 Å². The van der Waals surface area contributed by atoms with E-state index in [4.69, 9.17) is 4.98 Å². The van der Waals surface area contributed by atoms with Crippen LogP contribution in [0.2, 0.25) is 0 Å². The highest BCUT2D eigenvalue weighted by Gasteiger charge is 2.15. The van der Waals surface area contributed by atoms with Crippen LogP contribution >= 0.6 is 24.2 Å². The maximum Gasteiger partial charge on any atom is 0.0973 e. The number of nitrogens with zero attached hydrogens (tertiary/aromatic N) is 1. The summed E-state index contributed by atoms with van der Waals surface area (Å²) in [5.41, 5.74) is 3.78. The molecular formula is C16H21ClN2S. The monoisotopic (exact) mass is 308 g/mol. The first kappa shape index (κ1) is 15.6. The summed E-state index contributed by atoms with van der Waals surface area (Å²) in [5, 5.41) is 6.61. The molecule has 0 amide bonds. The van der Waals surface area contributed by atoms with Gasteiger partial charge in [-0.05, 0) is 57.0 Å². The fourth-order valence-electron chi connectivity index (χ4n) is 2.68. The summed E-state index contributed by atoms with van der Waals surface area (Å²) in [4.78, 5) is 4.87. The predicted molar refractivity (Wildman–Crippen MR) is 90.2 cm³/mol. The smallest absolute Gasteiger partial charge is 0.0973 e. The second-order valence-corrected chi connectivity index (χ2v) is 6.64. The molecule has 2 aromatic rings. The molecule has 1 N–H and O–H groups in total. The number of fused-ring (bicyclic) bond motifs is 1. The van der Waals surface area contributed by atoms with Crippen molar-refractivity contribution in [2.45, 2.75) is 37.0 Å². The van der Waals surface area contributed by atoms with Gasteiger partial charge in [0.2, 0.25) is 0 Å². The fraction of sp³-hybridized carbons (Fsp3) is 0.438. The minimum absolute atomic E-state index is 0. The SMILES string of the molecule is Cc1cc(SC2CCNCC2)nc2c(C)cccc12.Cl. The lowest BCUT2D eigenvalue weighted by atomic mass is 10.1. The molecule has 1 fully saturated rings. The van der Waals surface area contributed by atoms with Crippen LogP contribution < -0.4 is 5.32 Å². The van der Waals surface area contributed by atoms with E-state index in [1.807, 2.05) is 11.8 Å². The van der Waals surface area contributed by atoms with E-state index in [9.17, 15) is 0 Å². The minimum atomic E-state index is 0. The molecule has 0 saturated carbocycles. The number of pyridine rings is 1. The second-order valence-electron chi connectivity index (χ2n) is 5.32. The number of benzene rings is 1. The fourth-order valence-corrected chi connectivity index (χ4v) is 3.88. The van der Waals surface area contributed by atoms with Crippen LogP contribution in [0.15, 0.2) is 29.3 Å². The molecule has 1 saturated heterocycles. The standard InChI is InChI=1S/C16H20N2S.ClH/c1-11-4-3-5-14-12(2)10-15(18-16(11)14)19-13-6-8-17-9-7-13;/h3-5,10,13,17H,6-9H2,1-2H3;1H. The Morgan fingerprint density at radius 1 is 1.15 bits per heavy atom.